The lowest BCUT2D eigenvalue weighted by Gasteiger charge is -2.21. The fourth-order valence-electron chi connectivity index (χ4n) is 3.39. The number of aromatic amines is 1. The monoisotopic (exact) mass is 380 g/mol. The van der Waals surface area contributed by atoms with Gasteiger partial charge in [-0.25, -0.2) is 4.79 Å². The van der Waals surface area contributed by atoms with Gasteiger partial charge in [-0.1, -0.05) is 30.3 Å². The molecule has 0 saturated heterocycles. The second-order valence-corrected chi connectivity index (χ2v) is 6.73. The van der Waals surface area contributed by atoms with Crippen molar-refractivity contribution < 1.29 is 18.7 Å². The lowest BCUT2D eigenvalue weighted by molar-refractivity contribution is 0.0599. The molecule has 3 aromatic rings. The first-order valence-corrected chi connectivity index (χ1v) is 9.10. The van der Waals surface area contributed by atoms with Gasteiger partial charge in [-0.2, -0.15) is 0 Å². The molecule has 0 spiro atoms. The molecule has 2 atom stereocenters. The number of rotatable bonds is 7. The van der Waals surface area contributed by atoms with Gasteiger partial charge in [-0.05, 0) is 44.0 Å². The van der Waals surface area contributed by atoms with E-state index in [2.05, 4.69) is 10.3 Å². The molecule has 6 nitrogen and oxygen atoms in total. The van der Waals surface area contributed by atoms with Crippen LogP contribution >= 0.6 is 0 Å². The first kappa shape index (κ1) is 19.6. The number of carbonyl (C=O) groups excluding carboxylic acids is 2. The third-order valence-electron chi connectivity index (χ3n) is 4.84. The number of aromatic nitrogens is 1. The molecule has 0 aliphatic carbocycles. The number of hydrogen-bond donors (Lipinski definition) is 2. The summed E-state index contributed by atoms with van der Waals surface area (Å²) in [6, 6.07) is 12.7. The van der Waals surface area contributed by atoms with Crippen molar-refractivity contribution in [2.24, 2.45) is 0 Å². The summed E-state index contributed by atoms with van der Waals surface area (Å²) in [5.74, 6) is 0.132. The van der Waals surface area contributed by atoms with Crippen LogP contribution in [0.3, 0.4) is 0 Å². The lowest BCUT2D eigenvalue weighted by Crippen LogP contribution is -2.37. The number of hydrogen-bond acceptors (Lipinski definition) is 5. The molecule has 0 saturated carbocycles. The van der Waals surface area contributed by atoms with Crippen LogP contribution in [0.5, 0.6) is 0 Å². The molecule has 146 valence electrons. The first-order valence-electron chi connectivity index (χ1n) is 9.10. The van der Waals surface area contributed by atoms with Gasteiger partial charge in [-0.15, -0.1) is 0 Å². The van der Waals surface area contributed by atoms with E-state index in [1.54, 1.807) is 27.0 Å². The second-order valence-electron chi connectivity index (χ2n) is 6.73. The molecule has 2 N–H and O–H groups in total. The average Bonchev–Trinajstić information content (AvgIpc) is 3.33. The number of aryl methyl sites for hydroxylation is 1. The summed E-state index contributed by atoms with van der Waals surface area (Å²) in [6.07, 6.45) is 1.61. The molecule has 0 aliphatic rings. The van der Waals surface area contributed by atoms with Crippen molar-refractivity contribution in [3.05, 3.63) is 82.6 Å². The van der Waals surface area contributed by atoms with Gasteiger partial charge in [0.2, 0.25) is 0 Å². The molecule has 0 aliphatic heterocycles. The lowest BCUT2D eigenvalue weighted by atomic mass is 10.0. The van der Waals surface area contributed by atoms with Gasteiger partial charge in [0.25, 0.3) is 0 Å². The second kappa shape index (κ2) is 8.27. The minimum Gasteiger partial charge on any atom is -0.467 e. The number of ketones is 1. The van der Waals surface area contributed by atoms with Crippen LogP contribution < -0.4 is 5.32 Å². The predicted molar refractivity (Wildman–Crippen MR) is 106 cm³/mol. The predicted octanol–water partition coefficient (Wildman–Crippen LogP) is 3.96. The highest BCUT2D eigenvalue weighted by molar-refractivity contribution is 6.03. The van der Waals surface area contributed by atoms with Crippen molar-refractivity contribution >= 4 is 11.8 Å². The number of methoxy groups -OCH3 is 1. The van der Waals surface area contributed by atoms with Crippen LogP contribution in [0, 0.1) is 13.8 Å². The largest absolute Gasteiger partial charge is 0.467 e. The van der Waals surface area contributed by atoms with Crippen LogP contribution in [-0.2, 0) is 4.74 Å². The molecule has 0 fully saturated rings. The van der Waals surface area contributed by atoms with E-state index < -0.39 is 12.0 Å². The highest BCUT2D eigenvalue weighted by Crippen LogP contribution is 2.25. The van der Waals surface area contributed by atoms with E-state index in [4.69, 9.17) is 9.15 Å². The fourth-order valence-corrected chi connectivity index (χ4v) is 3.39. The Balaban J connectivity index is 1.88. The van der Waals surface area contributed by atoms with Crippen molar-refractivity contribution in [1.29, 1.82) is 0 Å². The minimum atomic E-state index is -0.516. The molecule has 0 amide bonds. The summed E-state index contributed by atoms with van der Waals surface area (Å²) in [5, 5.41) is 3.35. The maximum atomic E-state index is 13.1. The van der Waals surface area contributed by atoms with Gasteiger partial charge in [0.05, 0.1) is 36.7 Å². The average molecular weight is 380 g/mol. The highest BCUT2D eigenvalue weighted by Gasteiger charge is 2.28. The Morgan fingerprint density at radius 2 is 1.82 bits per heavy atom. The van der Waals surface area contributed by atoms with Gasteiger partial charge < -0.3 is 14.1 Å². The third kappa shape index (κ3) is 3.77. The quantitative estimate of drug-likeness (QED) is 0.479. The smallest absolute Gasteiger partial charge is 0.339 e. The van der Waals surface area contributed by atoms with Crippen LogP contribution in [0.15, 0.2) is 53.1 Å². The summed E-state index contributed by atoms with van der Waals surface area (Å²) < 4.78 is 10.4. The van der Waals surface area contributed by atoms with E-state index in [1.807, 2.05) is 42.5 Å². The number of furan rings is 1. The zero-order chi connectivity index (χ0) is 20.3. The number of carbonyl (C=O) groups is 2. The van der Waals surface area contributed by atoms with Crippen molar-refractivity contribution in [3.63, 3.8) is 0 Å². The number of ether oxygens (including phenoxy) is 1. The Morgan fingerprint density at radius 1 is 1.11 bits per heavy atom. The Bertz CT molecular complexity index is 958. The molecule has 2 aromatic heterocycles. The van der Waals surface area contributed by atoms with E-state index >= 15 is 0 Å². The summed E-state index contributed by atoms with van der Waals surface area (Å²) in [4.78, 5) is 28.1. The van der Waals surface area contributed by atoms with Crippen LogP contribution in [0.4, 0.5) is 0 Å². The van der Waals surface area contributed by atoms with Crippen LogP contribution in [-0.4, -0.2) is 29.9 Å². The van der Waals surface area contributed by atoms with E-state index in [1.165, 1.54) is 7.11 Å². The molecule has 3 rings (SSSR count). The third-order valence-corrected chi connectivity index (χ3v) is 4.84. The molecular weight excluding hydrogens is 356 g/mol. The van der Waals surface area contributed by atoms with Gasteiger partial charge in [0.15, 0.2) is 5.78 Å². The minimum absolute atomic E-state index is 0.136. The first-order chi connectivity index (χ1) is 13.4. The van der Waals surface area contributed by atoms with E-state index in [-0.39, 0.29) is 11.8 Å². The Kier molecular flexibility index (Phi) is 5.80. The van der Waals surface area contributed by atoms with Crippen LogP contribution in [0.25, 0.3) is 0 Å². The highest BCUT2D eigenvalue weighted by atomic mass is 16.5. The standard InChI is InChI=1S/C22H24N2O4/c1-13-18(22(26)27-4)14(2)23-19(13)21(25)15(3)24-20(17-11-8-12-28-17)16-9-6-5-7-10-16/h5-12,15,20,23-24H,1-4H3/t15-,20-/m0/s1. The number of benzene rings is 1. The molecule has 28 heavy (non-hydrogen) atoms. The van der Waals surface area contributed by atoms with E-state index in [0.29, 0.717) is 22.5 Å². The van der Waals surface area contributed by atoms with Crippen LogP contribution in [0.2, 0.25) is 0 Å². The van der Waals surface area contributed by atoms with Crippen molar-refractivity contribution in [2.45, 2.75) is 32.9 Å². The molecule has 0 unspecified atom stereocenters. The summed E-state index contributed by atoms with van der Waals surface area (Å²) >= 11 is 0. The van der Waals surface area contributed by atoms with Crippen molar-refractivity contribution in [2.75, 3.05) is 7.11 Å². The number of Topliss-reactive ketones (excluding diaryl/α,β-unsaturated/α-hetero) is 1. The number of esters is 1. The Labute approximate surface area is 163 Å². The molecule has 6 heteroatoms. The number of H-pyrrole nitrogens is 1. The van der Waals surface area contributed by atoms with Gasteiger partial charge in [0, 0.05) is 5.69 Å². The number of nitrogens with one attached hydrogen (secondary N) is 2. The van der Waals surface area contributed by atoms with Gasteiger partial charge in [0.1, 0.15) is 5.76 Å². The maximum absolute atomic E-state index is 13.1. The molecule has 1 aromatic carbocycles. The van der Waals surface area contributed by atoms with E-state index in [9.17, 15) is 9.59 Å². The van der Waals surface area contributed by atoms with Crippen LogP contribution in [0.1, 0.15) is 56.4 Å². The summed E-state index contributed by atoms with van der Waals surface area (Å²) in [7, 11) is 1.33. The topological polar surface area (TPSA) is 84.3 Å². The van der Waals surface area contributed by atoms with Gasteiger partial charge in [-0.3, -0.25) is 10.1 Å². The zero-order valence-electron chi connectivity index (χ0n) is 16.4. The van der Waals surface area contributed by atoms with E-state index in [0.717, 1.165) is 11.3 Å². The normalized spacial score (nSPS) is 13.1. The zero-order valence-corrected chi connectivity index (χ0v) is 16.4. The summed E-state index contributed by atoms with van der Waals surface area (Å²) in [6.45, 7) is 5.30. The molecule has 0 radical (unpaired) electrons. The van der Waals surface area contributed by atoms with Crippen molar-refractivity contribution in [1.82, 2.24) is 10.3 Å². The molecule has 2 heterocycles. The fraction of sp³-hybridized carbons (Fsp3) is 0.273. The maximum Gasteiger partial charge on any atom is 0.339 e. The van der Waals surface area contributed by atoms with Gasteiger partial charge >= 0.3 is 5.97 Å². The molecule has 0 bridgehead atoms. The van der Waals surface area contributed by atoms with Crippen molar-refractivity contribution in [3.8, 4) is 0 Å². The summed E-state index contributed by atoms with van der Waals surface area (Å²) in [5.41, 5.74) is 3.02. The Morgan fingerprint density at radius 3 is 2.43 bits per heavy atom. The Hall–Kier alpha value is -3.12. The molecular formula is C22H24N2O4. The SMILES string of the molecule is COC(=O)c1c(C)[nH]c(C(=O)[C@H](C)N[C@@H](c2ccccc2)c2ccco2)c1C.